The lowest BCUT2D eigenvalue weighted by Gasteiger charge is -2.31. The molecule has 15 heteroatoms. The van der Waals surface area contributed by atoms with E-state index in [-0.39, 0.29) is 39.1 Å². The van der Waals surface area contributed by atoms with Crippen LogP contribution in [0.2, 0.25) is 0 Å². The minimum Gasteiger partial charge on any atom is -0.465 e. The average Bonchev–Trinajstić information content (AvgIpc) is 3.19. The summed E-state index contributed by atoms with van der Waals surface area (Å²) in [5.74, 6) is 2.55. The van der Waals surface area contributed by atoms with Gasteiger partial charge in [0, 0.05) is 34.5 Å². The lowest BCUT2D eigenvalue weighted by molar-refractivity contribution is -0.161. The van der Waals surface area contributed by atoms with Crippen LogP contribution in [0.15, 0.2) is 91.0 Å². The second-order valence-corrected chi connectivity index (χ2v) is 21.5. The van der Waals surface area contributed by atoms with Crippen LogP contribution in [0.1, 0.15) is 49.3 Å². The number of thioether (sulfide) groups is 6. The Morgan fingerprint density at radius 3 is 1.02 bits per heavy atom. The van der Waals surface area contributed by atoms with Crippen molar-refractivity contribution in [3.05, 3.63) is 108 Å². The van der Waals surface area contributed by atoms with Crippen molar-refractivity contribution in [2.45, 2.75) is 49.9 Å². The molecule has 3 aromatic rings. The Bertz CT molecular complexity index is 1420. The summed E-state index contributed by atoms with van der Waals surface area (Å²) in [6.07, 6.45) is 0.929. The zero-order valence-electron chi connectivity index (χ0n) is 30.0. The van der Waals surface area contributed by atoms with Gasteiger partial charge in [0.2, 0.25) is 0 Å². The Kier molecular flexibility index (Phi) is 24.2. The first-order valence-corrected chi connectivity index (χ1v) is 24.3. The van der Waals surface area contributed by atoms with Gasteiger partial charge in [-0.3, -0.25) is 14.4 Å². The normalized spacial score (nSPS) is 11.1. The van der Waals surface area contributed by atoms with Crippen LogP contribution >= 0.6 is 107 Å². The van der Waals surface area contributed by atoms with Crippen molar-refractivity contribution in [3.8, 4) is 0 Å². The molecule has 0 spiro atoms. The maximum atomic E-state index is 12.8. The molecule has 0 saturated carbocycles. The van der Waals surface area contributed by atoms with Crippen molar-refractivity contribution < 1.29 is 28.6 Å². The molecule has 0 fully saturated rings. The molecule has 0 aliphatic heterocycles. The van der Waals surface area contributed by atoms with E-state index in [0.717, 1.165) is 27.8 Å². The molecular formula is C39H44O6S9. The Balaban J connectivity index is 1.44. The van der Waals surface area contributed by atoms with E-state index in [1.165, 1.54) is 52.0 Å². The second-order valence-electron chi connectivity index (χ2n) is 11.7. The smallest absolute Gasteiger partial charge is 0.306 e. The first kappa shape index (κ1) is 46.8. The van der Waals surface area contributed by atoms with Crippen molar-refractivity contribution in [2.75, 3.05) is 37.1 Å². The summed E-state index contributed by atoms with van der Waals surface area (Å²) in [5, 5.41) is 0. The minimum absolute atomic E-state index is 0.0648. The summed E-state index contributed by atoms with van der Waals surface area (Å²) < 4.78 is 19.4. The second kappa shape index (κ2) is 27.9. The highest BCUT2D eigenvalue weighted by Gasteiger charge is 2.34. The lowest BCUT2D eigenvalue weighted by Crippen LogP contribution is -2.39. The number of carbonyl (C=O) groups is 3. The molecule has 0 aromatic heterocycles. The highest BCUT2D eigenvalue weighted by molar-refractivity contribution is 8.47. The summed E-state index contributed by atoms with van der Waals surface area (Å²) in [4.78, 5) is 38.4. The van der Waals surface area contributed by atoms with Gasteiger partial charge in [-0.2, -0.15) is 0 Å². The predicted molar refractivity (Wildman–Crippen MR) is 248 cm³/mol. The van der Waals surface area contributed by atoms with Crippen LogP contribution in [0.3, 0.4) is 0 Å². The molecule has 290 valence electrons. The number of thiocarbonyl (C=S) groups is 3. The van der Waals surface area contributed by atoms with E-state index in [1.807, 2.05) is 61.5 Å². The van der Waals surface area contributed by atoms with E-state index >= 15 is 0 Å². The van der Waals surface area contributed by atoms with E-state index in [9.17, 15) is 14.4 Å². The minimum atomic E-state index is -0.906. The van der Waals surface area contributed by atoms with Crippen LogP contribution in [-0.2, 0) is 45.9 Å². The zero-order chi connectivity index (χ0) is 38.9. The number of carbonyl (C=O) groups excluding carboxylic acids is 3. The number of esters is 3. The third-order valence-corrected chi connectivity index (χ3v) is 15.9. The number of rotatable bonds is 22. The van der Waals surface area contributed by atoms with E-state index in [1.54, 1.807) is 35.3 Å². The SMILES string of the molecule is CCC(COC(=O)CCSC(=S)SCc1ccccc1)(COC(=O)CCSC(=S)SCc1ccccc1)COC(=O)CCSC(=S)SCc1ccccc1. The van der Waals surface area contributed by atoms with Gasteiger partial charge in [-0.05, 0) is 23.1 Å². The maximum absolute atomic E-state index is 12.8. The van der Waals surface area contributed by atoms with Gasteiger partial charge >= 0.3 is 17.9 Å². The fourth-order valence-electron chi connectivity index (χ4n) is 4.28. The number of hydrogen-bond acceptors (Lipinski definition) is 15. The highest BCUT2D eigenvalue weighted by atomic mass is 32.2. The fraction of sp³-hybridized carbons (Fsp3) is 0.385. The van der Waals surface area contributed by atoms with Gasteiger partial charge in [-0.1, -0.05) is 135 Å². The fourth-order valence-corrected chi connectivity index (χ4v) is 10.6. The Morgan fingerprint density at radius 1 is 0.481 bits per heavy atom. The van der Waals surface area contributed by atoms with Crippen molar-refractivity contribution in [2.24, 2.45) is 5.41 Å². The molecule has 0 atom stereocenters. The van der Waals surface area contributed by atoms with Gasteiger partial charge in [0.05, 0.1) is 24.7 Å². The van der Waals surface area contributed by atoms with Crippen molar-refractivity contribution >= 4 is 136 Å². The number of ether oxygens (including phenoxy) is 3. The molecule has 3 rings (SSSR count). The van der Waals surface area contributed by atoms with Crippen LogP contribution in [0.4, 0.5) is 0 Å². The molecule has 54 heavy (non-hydrogen) atoms. The van der Waals surface area contributed by atoms with Crippen molar-refractivity contribution in [1.29, 1.82) is 0 Å². The van der Waals surface area contributed by atoms with Crippen LogP contribution in [0.5, 0.6) is 0 Å². The van der Waals surface area contributed by atoms with Crippen molar-refractivity contribution in [3.63, 3.8) is 0 Å². The maximum Gasteiger partial charge on any atom is 0.306 e. The van der Waals surface area contributed by atoms with E-state index < -0.39 is 23.3 Å². The molecule has 0 N–H and O–H groups in total. The van der Waals surface area contributed by atoms with Gasteiger partial charge in [0.15, 0.2) is 0 Å². The van der Waals surface area contributed by atoms with Crippen LogP contribution in [0.25, 0.3) is 0 Å². The van der Waals surface area contributed by atoms with Gasteiger partial charge in [0.1, 0.15) is 30.4 Å². The third kappa shape index (κ3) is 21.1. The highest BCUT2D eigenvalue weighted by Crippen LogP contribution is 2.28. The van der Waals surface area contributed by atoms with Crippen LogP contribution < -0.4 is 0 Å². The van der Waals surface area contributed by atoms with Gasteiger partial charge in [-0.25, -0.2) is 0 Å². The molecule has 0 unspecified atom stereocenters. The molecule has 0 saturated heterocycles. The van der Waals surface area contributed by atoms with Crippen LogP contribution in [-0.4, -0.2) is 65.6 Å². The molecule has 0 aliphatic rings. The van der Waals surface area contributed by atoms with Crippen molar-refractivity contribution in [1.82, 2.24) is 0 Å². The van der Waals surface area contributed by atoms with E-state index in [2.05, 4.69) is 36.4 Å². The Labute approximate surface area is 361 Å². The average molecular weight is 897 g/mol. The molecule has 0 heterocycles. The number of hydrogen-bond donors (Lipinski definition) is 0. The van der Waals surface area contributed by atoms with Gasteiger partial charge in [-0.15, -0.1) is 70.6 Å². The van der Waals surface area contributed by atoms with Crippen LogP contribution in [0, 0.1) is 5.41 Å². The Morgan fingerprint density at radius 2 is 0.759 bits per heavy atom. The topological polar surface area (TPSA) is 78.9 Å². The Hall–Kier alpha value is -1.56. The first-order valence-electron chi connectivity index (χ1n) is 17.1. The van der Waals surface area contributed by atoms with Gasteiger partial charge < -0.3 is 14.2 Å². The molecule has 0 bridgehead atoms. The molecule has 0 aliphatic carbocycles. The summed E-state index contributed by atoms with van der Waals surface area (Å²) >= 11 is 25.5. The summed E-state index contributed by atoms with van der Waals surface area (Å²) in [6.45, 7) is 1.70. The molecule has 6 nitrogen and oxygen atoms in total. The molecular weight excluding hydrogens is 853 g/mol. The summed E-state index contributed by atoms with van der Waals surface area (Å²) in [5.41, 5.74) is 2.64. The zero-order valence-corrected chi connectivity index (χ0v) is 37.3. The molecule has 0 radical (unpaired) electrons. The summed E-state index contributed by atoms with van der Waals surface area (Å²) in [7, 11) is 0. The van der Waals surface area contributed by atoms with E-state index in [0.29, 0.717) is 23.7 Å². The summed E-state index contributed by atoms with van der Waals surface area (Å²) in [6, 6.07) is 30.2. The number of benzene rings is 3. The predicted octanol–water partition coefficient (Wildman–Crippen LogP) is 11.0. The van der Waals surface area contributed by atoms with E-state index in [4.69, 9.17) is 50.9 Å². The monoisotopic (exact) mass is 896 g/mol. The standard InChI is InChI=1S/C39H44O6S9/c1-2-39(27-43-33(40)18-21-49-36(46)52-24-30-12-6-3-7-13-30,28-44-34(41)19-22-50-37(47)53-25-31-14-8-4-9-15-31)29-45-35(42)20-23-51-38(48)54-26-32-16-10-5-11-17-32/h3-17H,2,18-29H2,1H3. The molecule has 3 aromatic carbocycles. The van der Waals surface area contributed by atoms with Gasteiger partial charge in [0.25, 0.3) is 0 Å². The quantitative estimate of drug-likeness (QED) is 0.0545. The largest absolute Gasteiger partial charge is 0.465 e. The lowest BCUT2D eigenvalue weighted by atomic mass is 9.88. The molecule has 0 amide bonds. The first-order chi connectivity index (χ1) is 26.2. The third-order valence-electron chi connectivity index (χ3n) is 7.54.